The van der Waals surface area contributed by atoms with Gasteiger partial charge >= 0.3 is 0 Å². The van der Waals surface area contributed by atoms with Crippen LogP contribution in [0.25, 0.3) is 0 Å². The third-order valence-corrected chi connectivity index (χ3v) is 1.81. The summed E-state index contributed by atoms with van der Waals surface area (Å²) in [5, 5.41) is 11.8. The number of carbonyl (C=O) groups excluding carboxylic acids is 2. The molecule has 1 heterocycles. The maximum atomic E-state index is 11.0. The zero-order chi connectivity index (χ0) is 9.14. The lowest BCUT2D eigenvalue weighted by Gasteiger charge is -2.12. The molecule has 1 aliphatic rings. The van der Waals surface area contributed by atoms with Crippen molar-refractivity contribution >= 4 is 11.8 Å². The predicted octanol–water partition coefficient (Wildman–Crippen LogP) is -1.67. The van der Waals surface area contributed by atoms with Crippen molar-refractivity contribution < 1.29 is 14.7 Å². The number of imide groups is 1. The van der Waals surface area contributed by atoms with Crippen LogP contribution < -0.4 is 5.32 Å². The molecule has 68 valence electrons. The fourth-order valence-electron chi connectivity index (χ4n) is 1.12. The first-order valence-electron chi connectivity index (χ1n) is 3.83. The highest BCUT2D eigenvalue weighted by atomic mass is 16.3. The molecule has 0 aromatic heterocycles. The molecule has 1 unspecified atom stereocenters. The van der Waals surface area contributed by atoms with Gasteiger partial charge in [-0.2, -0.15) is 0 Å². The highest BCUT2D eigenvalue weighted by Crippen LogP contribution is 2.11. The average Bonchev–Trinajstić information content (AvgIpc) is 2.25. The van der Waals surface area contributed by atoms with Crippen LogP contribution in [0.1, 0.15) is 6.42 Å². The van der Waals surface area contributed by atoms with Gasteiger partial charge in [-0.05, 0) is 7.05 Å². The molecule has 0 aromatic carbocycles. The van der Waals surface area contributed by atoms with Crippen LogP contribution in [-0.2, 0) is 9.59 Å². The molecule has 0 saturated carbocycles. The molecular weight excluding hydrogens is 160 g/mol. The van der Waals surface area contributed by atoms with Crippen LogP contribution in [-0.4, -0.2) is 48.1 Å². The molecule has 0 bridgehead atoms. The molecule has 2 amide bonds. The molecule has 1 saturated heterocycles. The fourth-order valence-corrected chi connectivity index (χ4v) is 1.12. The van der Waals surface area contributed by atoms with Gasteiger partial charge in [-0.25, -0.2) is 0 Å². The highest BCUT2D eigenvalue weighted by Gasteiger charge is 2.36. The molecule has 12 heavy (non-hydrogen) atoms. The summed E-state index contributed by atoms with van der Waals surface area (Å²) in [6, 6.07) is 0. The van der Waals surface area contributed by atoms with E-state index in [0.717, 1.165) is 4.90 Å². The number of hydrogen-bond donors (Lipinski definition) is 2. The molecule has 0 aliphatic carbocycles. The van der Waals surface area contributed by atoms with Gasteiger partial charge in [0.05, 0.1) is 6.42 Å². The van der Waals surface area contributed by atoms with Crippen LogP contribution in [0, 0.1) is 0 Å². The minimum Gasteiger partial charge on any atom is -0.383 e. The second kappa shape index (κ2) is 3.64. The largest absolute Gasteiger partial charge is 0.383 e. The van der Waals surface area contributed by atoms with Gasteiger partial charge in [-0.15, -0.1) is 0 Å². The van der Waals surface area contributed by atoms with Crippen molar-refractivity contribution in [1.82, 2.24) is 10.2 Å². The van der Waals surface area contributed by atoms with E-state index >= 15 is 0 Å². The van der Waals surface area contributed by atoms with Gasteiger partial charge in [0.25, 0.3) is 5.91 Å². The molecule has 2 N–H and O–H groups in total. The first kappa shape index (κ1) is 9.15. The van der Waals surface area contributed by atoms with E-state index in [9.17, 15) is 9.59 Å². The molecule has 5 heteroatoms. The first-order chi connectivity index (χ1) is 5.66. The molecule has 1 atom stereocenters. The van der Waals surface area contributed by atoms with E-state index < -0.39 is 12.0 Å². The van der Waals surface area contributed by atoms with Gasteiger partial charge in [0.2, 0.25) is 5.91 Å². The van der Waals surface area contributed by atoms with Crippen LogP contribution >= 0.6 is 0 Å². The second-order valence-corrected chi connectivity index (χ2v) is 2.71. The van der Waals surface area contributed by atoms with Gasteiger partial charge in [-0.1, -0.05) is 0 Å². The summed E-state index contributed by atoms with van der Waals surface area (Å²) in [4.78, 5) is 23.2. The maximum absolute atomic E-state index is 11.0. The number of aliphatic hydroxyl groups excluding tert-OH is 1. The van der Waals surface area contributed by atoms with Crippen molar-refractivity contribution in [2.24, 2.45) is 0 Å². The van der Waals surface area contributed by atoms with Crippen molar-refractivity contribution in [3.63, 3.8) is 0 Å². The van der Waals surface area contributed by atoms with E-state index in [1.165, 1.54) is 0 Å². The summed E-state index contributed by atoms with van der Waals surface area (Å²) in [5.41, 5.74) is 0. The smallest absolute Gasteiger partial charge is 0.258 e. The number of aliphatic hydroxyl groups is 1. The lowest BCUT2D eigenvalue weighted by atomic mass is 10.3. The molecule has 0 spiro atoms. The number of nitrogens with zero attached hydrogens (tertiary/aromatic N) is 1. The fraction of sp³-hybridized carbons (Fsp3) is 0.714. The molecule has 0 radical (unpaired) electrons. The number of nitrogens with one attached hydrogen (secondary N) is 1. The van der Waals surface area contributed by atoms with Gasteiger partial charge in [0, 0.05) is 13.1 Å². The summed E-state index contributed by atoms with van der Waals surface area (Å²) in [6.07, 6.45) is -1.18. The number of rotatable bonds is 3. The van der Waals surface area contributed by atoms with Gasteiger partial charge in [-0.3, -0.25) is 14.5 Å². The van der Waals surface area contributed by atoms with E-state index in [0.29, 0.717) is 13.1 Å². The van der Waals surface area contributed by atoms with Crippen LogP contribution in [0.5, 0.6) is 0 Å². The Morgan fingerprint density at radius 1 is 1.67 bits per heavy atom. The molecule has 1 fully saturated rings. The van der Waals surface area contributed by atoms with Crippen LogP contribution in [0.2, 0.25) is 0 Å². The van der Waals surface area contributed by atoms with Gasteiger partial charge in [0.15, 0.2) is 0 Å². The Morgan fingerprint density at radius 2 is 2.33 bits per heavy atom. The van der Waals surface area contributed by atoms with Gasteiger partial charge < -0.3 is 10.4 Å². The standard InChI is InChI=1S/C7H12N2O3/c1-8-2-3-9-6(11)4-5(10)7(9)12/h5,8,10H,2-4H2,1H3. The van der Waals surface area contributed by atoms with Crippen molar-refractivity contribution in [2.45, 2.75) is 12.5 Å². The topological polar surface area (TPSA) is 69.6 Å². The lowest BCUT2D eigenvalue weighted by molar-refractivity contribution is -0.140. The minimum absolute atomic E-state index is 0.0669. The third kappa shape index (κ3) is 1.62. The normalized spacial score (nSPS) is 23.8. The second-order valence-electron chi connectivity index (χ2n) is 2.71. The number of likely N-dealkylation sites (N-methyl/N-ethyl adjacent to an activating group) is 1. The number of likely N-dealkylation sites (tertiary alicyclic amines) is 1. The van der Waals surface area contributed by atoms with Crippen molar-refractivity contribution in [1.29, 1.82) is 0 Å². The minimum atomic E-state index is -1.12. The third-order valence-electron chi connectivity index (χ3n) is 1.81. The summed E-state index contributed by atoms with van der Waals surface area (Å²) >= 11 is 0. The summed E-state index contributed by atoms with van der Waals surface area (Å²) in [7, 11) is 1.74. The molecule has 0 aromatic rings. The summed E-state index contributed by atoms with van der Waals surface area (Å²) in [6.45, 7) is 0.898. The SMILES string of the molecule is CNCCN1C(=O)CC(O)C1=O. The Hall–Kier alpha value is -0.940. The lowest BCUT2D eigenvalue weighted by Crippen LogP contribution is -2.36. The highest BCUT2D eigenvalue weighted by molar-refractivity contribution is 6.04. The number of hydrogen-bond acceptors (Lipinski definition) is 4. The Kier molecular flexibility index (Phi) is 2.78. The van der Waals surface area contributed by atoms with Crippen LogP contribution in [0.15, 0.2) is 0 Å². The molecule has 1 rings (SSSR count). The summed E-state index contributed by atoms with van der Waals surface area (Å²) < 4.78 is 0. The zero-order valence-electron chi connectivity index (χ0n) is 6.91. The van der Waals surface area contributed by atoms with E-state index in [-0.39, 0.29) is 12.3 Å². The van der Waals surface area contributed by atoms with Gasteiger partial charge in [0.1, 0.15) is 6.10 Å². The Balaban J connectivity index is 2.52. The van der Waals surface area contributed by atoms with E-state index in [1.54, 1.807) is 7.05 Å². The van der Waals surface area contributed by atoms with E-state index in [2.05, 4.69) is 5.32 Å². The monoisotopic (exact) mass is 172 g/mol. The Labute approximate surface area is 70.4 Å². The van der Waals surface area contributed by atoms with E-state index in [4.69, 9.17) is 5.11 Å². The van der Waals surface area contributed by atoms with Crippen LogP contribution in [0.4, 0.5) is 0 Å². The average molecular weight is 172 g/mol. The van der Waals surface area contributed by atoms with E-state index in [1.807, 2.05) is 0 Å². The maximum Gasteiger partial charge on any atom is 0.258 e. The Morgan fingerprint density at radius 3 is 2.75 bits per heavy atom. The number of amides is 2. The molecular formula is C7H12N2O3. The van der Waals surface area contributed by atoms with Crippen molar-refractivity contribution in [3.05, 3.63) is 0 Å². The predicted molar refractivity (Wildman–Crippen MR) is 41.3 cm³/mol. The van der Waals surface area contributed by atoms with Crippen LogP contribution in [0.3, 0.4) is 0 Å². The quantitative estimate of drug-likeness (QED) is 0.499. The summed E-state index contributed by atoms with van der Waals surface area (Å²) in [5.74, 6) is -0.766. The van der Waals surface area contributed by atoms with Crippen molar-refractivity contribution in [3.8, 4) is 0 Å². The first-order valence-corrected chi connectivity index (χ1v) is 3.83. The zero-order valence-corrected chi connectivity index (χ0v) is 6.91. The van der Waals surface area contributed by atoms with Crippen molar-refractivity contribution in [2.75, 3.05) is 20.1 Å². The molecule has 5 nitrogen and oxygen atoms in total. The Bertz CT molecular complexity index is 205. The molecule has 1 aliphatic heterocycles. The number of carbonyl (C=O) groups is 2.